The molecule has 3 atom stereocenters. The Labute approximate surface area is 157 Å². The van der Waals surface area contributed by atoms with Crippen LogP contribution in [0.4, 0.5) is 5.69 Å². The second-order valence-electron chi connectivity index (χ2n) is 6.78. The van der Waals surface area contributed by atoms with Gasteiger partial charge >= 0.3 is 0 Å². The molecule has 144 valence electrons. The van der Waals surface area contributed by atoms with E-state index in [1.54, 1.807) is 24.9 Å². The molecule has 1 aliphatic rings. The molecule has 8 heteroatoms. The average Bonchev–Trinajstić information content (AvgIpc) is 2.80. The summed E-state index contributed by atoms with van der Waals surface area (Å²) in [5, 5.41) is 23.7. The molecule has 3 rings (SSSR count). The van der Waals surface area contributed by atoms with E-state index in [0.717, 1.165) is 5.69 Å². The number of aliphatic hydroxyl groups excluding tert-OH is 1. The molecule has 0 radical (unpaired) electrons. The zero-order valence-electron chi connectivity index (χ0n) is 15.6. The van der Waals surface area contributed by atoms with E-state index in [1.807, 2.05) is 31.2 Å². The maximum atomic E-state index is 12.6. The first kappa shape index (κ1) is 19.1. The molecule has 1 aromatic carbocycles. The number of fused-ring (bicyclic) bond motifs is 1. The van der Waals surface area contributed by atoms with Gasteiger partial charge in [0.2, 0.25) is 5.82 Å². The predicted molar refractivity (Wildman–Crippen MR) is 99.5 cm³/mol. The van der Waals surface area contributed by atoms with Gasteiger partial charge in [-0.2, -0.15) is 0 Å². The Kier molecular flexibility index (Phi) is 5.29. The Morgan fingerprint density at radius 3 is 2.89 bits per heavy atom. The lowest BCUT2D eigenvalue weighted by molar-refractivity contribution is 0.0479. The van der Waals surface area contributed by atoms with Gasteiger partial charge in [0.25, 0.3) is 5.91 Å². The van der Waals surface area contributed by atoms with Crippen LogP contribution in [-0.4, -0.2) is 52.0 Å². The molecular weight excluding hydrogens is 348 g/mol. The molecule has 8 nitrogen and oxygen atoms in total. The smallest absolute Gasteiger partial charge is 0.289 e. The lowest BCUT2D eigenvalue weighted by atomic mass is 9.99. The summed E-state index contributed by atoms with van der Waals surface area (Å²) >= 11 is 0. The number of benzene rings is 1. The van der Waals surface area contributed by atoms with Crippen LogP contribution in [0.2, 0.25) is 0 Å². The molecular formula is C19H24N4O4. The van der Waals surface area contributed by atoms with Gasteiger partial charge in [-0.25, -0.2) is 9.97 Å². The van der Waals surface area contributed by atoms with E-state index >= 15 is 0 Å². The summed E-state index contributed by atoms with van der Waals surface area (Å²) in [6, 6.07) is 8.23. The average molecular weight is 372 g/mol. The Balaban J connectivity index is 1.78. The number of aliphatic hydroxyl groups is 2. The summed E-state index contributed by atoms with van der Waals surface area (Å²) in [6.07, 6.45) is 0.895. The minimum absolute atomic E-state index is 0.0714. The fourth-order valence-corrected chi connectivity index (χ4v) is 2.85. The summed E-state index contributed by atoms with van der Waals surface area (Å²) in [4.78, 5) is 22.4. The van der Waals surface area contributed by atoms with Crippen molar-refractivity contribution in [1.82, 2.24) is 15.3 Å². The summed E-state index contributed by atoms with van der Waals surface area (Å²) in [7, 11) is 1.73. The minimum atomic E-state index is -1.15. The van der Waals surface area contributed by atoms with Crippen LogP contribution in [0, 0.1) is 0 Å². The lowest BCUT2D eigenvalue weighted by Crippen LogP contribution is -2.52. The van der Waals surface area contributed by atoms with Crippen molar-refractivity contribution >= 4 is 11.6 Å². The van der Waals surface area contributed by atoms with Gasteiger partial charge in [0, 0.05) is 13.2 Å². The molecule has 1 aliphatic heterocycles. The number of carbonyl (C=O) groups excluding carboxylic acids is 1. The lowest BCUT2D eigenvalue weighted by Gasteiger charge is -2.29. The van der Waals surface area contributed by atoms with E-state index in [1.165, 1.54) is 6.20 Å². The number of hydrogen-bond acceptors (Lipinski definition) is 7. The van der Waals surface area contributed by atoms with Crippen molar-refractivity contribution in [3.63, 3.8) is 0 Å². The van der Waals surface area contributed by atoms with Gasteiger partial charge in [-0.15, -0.1) is 0 Å². The third kappa shape index (κ3) is 3.86. The molecule has 0 saturated heterocycles. The highest BCUT2D eigenvalue weighted by molar-refractivity contribution is 5.90. The number of rotatable bonds is 4. The number of para-hydroxylation sites is 2. The third-order valence-corrected chi connectivity index (χ3v) is 4.84. The van der Waals surface area contributed by atoms with E-state index in [0.29, 0.717) is 17.9 Å². The quantitative estimate of drug-likeness (QED) is 0.736. The van der Waals surface area contributed by atoms with Crippen molar-refractivity contribution in [3.8, 4) is 5.75 Å². The Bertz CT molecular complexity index is 827. The molecule has 2 unspecified atom stereocenters. The topological polar surface area (TPSA) is 108 Å². The van der Waals surface area contributed by atoms with Crippen molar-refractivity contribution in [2.24, 2.45) is 0 Å². The van der Waals surface area contributed by atoms with Crippen molar-refractivity contribution in [1.29, 1.82) is 0 Å². The van der Waals surface area contributed by atoms with Gasteiger partial charge in [0.15, 0.2) is 6.23 Å². The summed E-state index contributed by atoms with van der Waals surface area (Å²) in [5.74, 6) is 0.0154. The van der Waals surface area contributed by atoms with Crippen LogP contribution in [0.1, 0.15) is 36.6 Å². The van der Waals surface area contributed by atoms with E-state index in [4.69, 9.17) is 4.74 Å². The zero-order chi connectivity index (χ0) is 19.6. The summed E-state index contributed by atoms with van der Waals surface area (Å²) in [5.41, 5.74) is -0.0450. The molecule has 1 amide bonds. The number of carbonyl (C=O) groups is 1. The minimum Gasteiger partial charge on any atom is -0.489 e. The molecule has 2 aromatic rings. The molecule has 1 aromatic heterocycles. The van der Waals surface area contributed by atoms with Gasteiger partial charge in [0.05, 0.1) is 11.4 Å². The molecule has 0 fully saturated rings. The van der Waals surface area contributed by atoms with E-state index < -0.39 is 23.8 Å². The zero-order valence-corrected chi connectivity index (χ0v) is 15.6. The van der Waals surface area contributed by atoms with Crippen LogP contribution < -0.4 is 15.0 Å². The van der Waals surface area contributed by atoms with Crippen LogP contribution in [-0.2, 0) is 5.60 Å². The second-order valence-corrected chi connectivity index (χ2v) is 6.78. The van der Waals surface area contributed by atoms with Crippen LogP contribution in [0.25, 0.3) is 0 Å². The summed E-state index contributed by atoms with van der Waals surface area (Å²) < 4.78 is 5.74. The molecule has 0 saturated carbocycles. The molecule has 0 bridgehead atoms. The molecule has 27 heavy (non-hydrogen) atoms. The van der Waals surface area contributed by atoms with Crippen molar-refractivity contribution in [3.05, 3.63) is 48.0 Å². The predicted octanol–water partition coefficient (Wildman–Crippen LogP) is 1.04. The molecule has 0 spiro atoms. The largest absolute Gasteiger partial charge is 0.489 e. The Morgan fingerprint density at radius 1 is 1.41 bits per heavy atom. The van der Waals surface area contributed by atoms with Crippen molar-refractivity contribution in [2.75, 3.05) is 18.6 Å². The Hall–Kier alpha value is -2.71. The van der Waals surface area contributed by atoms with Crippen LogP contribution in [0.15, 0.2) is 36.5 Å². The van der Waals surface area contributed by atoms with E-state index in [2.05, 4.69) is 15.3 Å². The highest BCUT2D eigenvalue weighted by Gasteiger charge is 2.32. The molecule has 3 N–H and O–H groups in total. The number of nitrogens with one attached hydrogen (secondary N) is 1. The number of ether oxygens (including phenoxy) is 1. The number of likely N-dealkylation sites (N-methyl/N-ethyl adjacent to an activating group) is 1. The van der Waals surface area contributed by atoms with Gasteiger partial charge in [-0.1, -0.05) is 19.1 Å². The first-order valence-electron chi connectivity index (χ1n) is 8.83. The number of hydrogen-bond donors (Lipinski definition) is 3. The van der Waals surface area contributed by atoms with Gasteiger partial charge in [0.1, 0.15) is 24.0 Å². The van der Waals surface area contributed by atoms with Crippen LogP contribution in [0.5, 0.6) is 5.75 Å². The van der Waals surface area contributed by atoms with Gasteiger partial charge in [-0.3, -0.25) is 4.79 Å². The fourth-order valence-electron chi connectivity index (χ4n) is 2.85. The first-order chi connectivity index (χ1) is 12.8. The number of anilines is 1. The fraction of sp³-hybridized carbons (Fsp3) is 0.421. The number of aromatic nitrogens is 2. The highest BCUT2D eigenvalue weighted by Crippen LogP contribution is 2.31. The number of nitrogens with zero attached hydrogens (tertiary/aromatic N) is 3. The van der Waals surface area contributed by atoms with Crippen LogP contribution >= 0.6 is 0 Å². The highest BCUT2D eigenvalue weighted by atomic mass is 16.5. The van der Waals surface area contributed by atoms with Gasteiger partial charge < -0.3 is 25.2 Å². The maximum absolute atomic E-state index is 12.6. The monoisotopic (exact) mass is 372 g/mol. The SMILES string of the molecule is CCC(C)(O)c1ccnc(C(=O)N[C@H]2COc3ccccc3N(C)C2O)n1. The van der Waals surface area contributed by atoms with Crippen molar-refractivity contribution in [2.45, 2.75) is 38.1 Å². The van der Waals surface area contributed by atoms with E-state index in [9.17, 15) is 15.0 Å². The standard InChI is InChI=1S/C19H24N4O4/c1-4-19(2,26)15-9-10-20-16(22-15)17(24)21-12-11-27-14-8-6-5-7-13(14)23(3)18(12)25/h5-10,12,18,25-26H,4,11H2,1-3H3,(H,21,24)/t12-,18?,19?/m0/s1. The molecule has 0 aliphatic carbocycles. The van der Waals surface area contributed by atoms with E-state index in [-0.39, 0.29) is 12.4 Å². The first-order valence-corrected chi connectivity index (χ1v) is 8.83. The normalized spacial score (nSPS) is 21.4. The second kappa shape index (κ2) is 7.50. The molecule has 2 heterocycles. The Morgan fingerprint density at radius 2 is 2.15 bits per heavy atom. The number of amides is 1. The maximum Gasteiger partial charge on any atom is 0.289 e. The van der Waals surface area contributed by atoms with Gasteiger partial charge in [-0.05, 0) is 31.5 Å². The third-order valence-electron chi connectivity index (χ3n) is 4.84. The summed E-state index contributed by atoms with van der Waals surface area (Å²) in [6.45, 7) is 3.56. The van der Waals surface area contributed by atoms with Crippen LogP contribution in [0.3, 0.4) is 0 Å². The van der Waals surface area contributed by atoms with Crippen molar-refractivity contribution < 1.29 is 19.7 Å².